The molecule has 1 fully saturated rings. The van der Waals surface area contributed by atoms with Gasteiger partial charge in [-0.3, -0.25) is 4.68 Å². The Balaban J connectivity index is 1.51. The summed E-state index contributed by atoms with van der Waals surface area (Å²) in [7, 11) is 1.90. The molecule has 4 heterocycles. The first kappa shape index (κ1) is 21.5. The van der Waals surface area contributed by atoms with Crippen LogP contribution in [0.25, 0.3) is 33.4 Å². The van der Waals surface area contributed by atoms with Crippen LogP contribution >= 0.6 is 0 Å². The number of benzene rings is 1. The van der Waals surface area contributed by atoms with E-state index in [0.29, 0.717) is 0 Å². The quantitative estimate of drug-likeness (QED) is 0.355. The molecule has 0 spiro atoms. The highest BCUT2D eigenvalue weighted by Crippen LogP contribution is 2.47. The summed E-state index contributed by atoms with van der Waals surface area (Å²) in [6, 6.07) is 12.3. The minimum Gasteiger partial charge on any atom is -0.392 e. The molecule has 35 heavy (non-hydrogen) atoms. The van der Waals surface area contributed by atoms with Gasteiger partial charge in [0.05, 0.1) is 24.2 Å². The van der Waals surface area contributed by atoms with Gasteiger partial charge in [0.1, 0.15) is 5.65 Å². The lowest BCUT2D eigenvalue weighted by atomic mass is 9.73. The van der Waals surface area contributed by atoms with Gasteiger partial charge in [0.2, 0.25) is 5.95 Å². The maximum atomic E-state index is 10.1. The van der Waals surface area contributed by atoms with Gasteiger partial charge in [0.15, 0.2) is 0 Å². The van der Waals surface area contributed by atoms with Crippen LogP contribution in [-0.4, -0.2) is 34.8 Å². The first-order chi connectivity index (χ1) is 17.1. The number of aliphatic hydroxyl groups excluding tert-OH is 1. The summed E-state index contributed by atoms with van der Waals surface area (Å²) in [4.78, 5) is 17.3. The number of aliphatic hydroxyl groups is 1. The fourth-order valence-electron chi connectivity index (χ4n) is 5.56. The molecular weight excluding hydrogens is 438 g/mol. The van der Waals surface area contributed by atoms with E-state index >= 15 is 0 Å². The van der Waals surface area contributed by atoms with Gasteiger partial charge in [-0.05, 0) is 36.1 Å². The van der Waals surface area contributed by atoms with Crippen LogP contribution in [0.15, 0.2) is 61.2 Å². The van der Waals surface area contributed by atoms with Gasteiger partial charge in [0, 0.05) is 53.1 Å². The molecule has 8 heteroatoms. The van der Waals surface area contributed by atoms with E-state index in [1.165, 1.54) is 0 Å². The lowest BCUT2D eigenvalue weighted by Gasteiger charge is -2.31. The topological polar surface area (TPSA) is 119 Å². The highest BCUT2D eigenvalue weighted by molar-refractivity contribution is 5.95. The summed E-state index contributed by atoms with van der Waals surface area (Å²) in [6.07, 6.45) is 11.7. The molecule has 0 saturated heterocycles. The van der Waals surface area contributed by atoms with E-state index in [1.54, 1.807) is 4.68 Å². The maximum Gasteiger partial charge on any atom is 0.220 e. The molecule has 0 bridgehead atoms. The summed E-state index contributed by atoms with van der Waals surface area (Å²) in [5.41, 5.74) is 13.4. The number of anilines is 1. The van der Waals surface area contributed by atoms with E-state index in [4.69, 9.17) is 10.7 Å². The van der Waals surface area contributed by atoms with Crippen molar-refractivity contribution in [3.05, 3.63) is 78.0 Å². The minimum atomic E-state index is -0.295. The van der Waals surface area contributed by atoms with Crippen LogP contribution in [-0.2, 0) is 19.1 Å². The highest BCUT2D eigenvalue weighted by atomic mass is 16.3. The van der Waals surface area contributed by atoms with Gasteiger partial charge in [-0.2, -0.15) is 5.10 Å². The van der Waals surface area contributed by atoms with Crippen LogP contribution in [0.5, 0.6) is 0 Å². The summed E-state index contributed by atoms with van der Waals surface area (Å²) in [5.74, 6) is 0.246. The zero-order valence-electron chi connectivity index (χ0n) is 19.6. The Labute approximate surface area is 202 Å². The van der Waals surface area contributed by atoms with E-state index in [0.717, 1.165) is 75.9 Å². The van der Waals surface area contributed by atoms with Crippen molar-refractivity contribution in [2.45, 2.75) is 37.7 Å². The number of aromatic amines is 1. The second kappa shape index (κ2) is 8.32. The monoisotopic (exact) mass is 465 g/mol. The molecule has 0 unspecified atom stereocenters. The summed E-state index contributed by atoms with van der Waals surface area (Å²) in [6.45, 7) is -0.00339. The van der Waals surface area contributed by atoms with E-state index in [1.807, 2.05) is 50.0 Å². The average Bonchev–Trinajstić information content (AvgIpc) is 3.63. The van der Waals surface area contributed by atoms with Crippen molar-refractivity contribution < 1.29 is 5.11 Å². The predicted octanol–water partition coefficient (Wildman–Crippen LogP) is 4.36. The number of nitrogen functional groups attached to an aromatic ring is 1. The van der Waals surface area contributed by atoms with Gasteiger partial charge in [0.25, 0.3) is 0 Å². The standard InChI is InChI=1S/C27H27N7O/c1-34-15-19(13-31-34)18-10-20-21(14-30-25(20)29-12-18)23-11-24(33-26(28)32-23)27(8-4-5-9-27)22-7-3-2-6-17(22)16-35/h2-3,6-7,10-15,35H,4-5,8-9,16H2,1H3,(H,29,30)(H2,28,32,33). The van der Waals surface area contributed by atoms with Crippen LogP contribution in [0.4, 0.5) is 5.95 Å². The zero-order chi connectivity index (χ0) is 24.0. The Bertz CT molecular complexity index is 1530. The number of aryl methyl sites for hydroxylation is 1. The lowest BCUT2D eigenvalue weighted by Crippen LogP contribution is -2.27. The molecule has 0 amide bonds. The minimum absolute atomic E-state index is 0.00339. The Kier molecular flexibility index (Phi) is 5.11. The number of nitrogens with zero attached hydrogens (tertiary/aromatic N) is 5. The third-order valence-corrected chi connectivity index (χ3v) is 7.24. The molecule has 0 radical (unpaired) electrons. The van der Waals surface area contributed by atoms with Crippen LogP contribution in [0.1, 0.15) is 42.5 Å². The van der Waals surface area contributed by atoms with Crippen molar-refractivity contribution in [2.24, 2.45) is 7.05 Å². The Morgan fingerprint density at radius 1 is 1.09 bits per heavy atom. The smallest absolute Gasteiger partial charge is 0.220 e. The second-order valence-corrected chi connectivity index (χ2v) is 9.33. The van der Waals surface area contributed by atoms with Gasteiger partial charge in [-0.1, -0.05) is 37.1 Å². The maximum absolute atomic E-state index is 10.1. The van der Waals surface area contributed by atoms with E-state index < -0.39 is 0 Å². The molecular formula is C27H27N7O. The Hall–Kier alpha value is -4.04. The van der Waals surface area contributed by atoms with Crippen molar-refractivity contribution in [1.82, 2.24) is 29.7 Å². The van der Waals surface area contributed by atoms with Crippen LogP contribution in [0, 0.1) is 0 Å². The van der Waals surface area contributed by atoms with Gasteiger partial charge >= 0.3 is 0 Å². The van der Waals surface area contributed by atoms with Crippen LogP contribution < -0.4 is 5.73 Å². The van der Waals surface area contributed by atoms with Crippen molar-refractivity contribution in [2.75, 3.05) is 5.73 Å². The third kappa shape index (κ3) is 3.57. The number of pyridine rings is 1. The van der Waals surface area contributed by atoms with Crippen molar-refractivity contribution in [3.63, 3.8) is 0 Å². The van der Waals surface area contributed by atoms with Crippen LogP contribution in [0.2, 0.25) is 0 Å². The second-order valence-electron chi connectivity index (χ2n) is 9.33. The fourth-order valence-corrected chi connectivity index (χ4v) is 5.56. The van der Waals surface area contributed by atoms with E-state index in [2.05, 4.69) is 38.2 Å². The van der Waals surface area contributed by atoms with E-state index in [-0.39, 0.29) is 18.0 Å². The zero-order valence-corrected chi connectivity index (χ0v) is 19.6. The Morgan fingerprint density at radius 3 is 2.69 bits per heavy atom. The number of fused-ring (bicyclic) bond motifs is 1. The first-order valence-corrected chi connectivity index (χ1v) is 11.9. The van der Waals surface area contributed by atoms with Crippen molar-refractivity contribution >= 4 is 17.0 Å². The first-order valence-electron chi connectivity index (χ1n) is 11.9. The molecule has 1 aliphatic rings. The molecule has 1 aliphatic carbocycles. The van der Waals surface area contributed by atoms with Crippen molar-refractivity contribution in [1.29, 1.82) is 0 Å². The molecule has 8 nitrogen and oxygen atoms in total. The number of aromatic nitrogens is 6. The summed E-state index contributed by atoms with van der Waals surface area (Å²) < 4.78 is 1.78. The predicted molar refractivity (Wildman–Crippen MR) is 135 cm³/mol. The number of nitrogens with one attached hydrogen (secondary N) is 1. The molecule has 176 valence electrons. The molecule has 0 atom stereocenters. The number of H-pyrrole nitrogens is 1. The molecule has 5 aromatic rings. The van der Waals surface area contributed by atoms with Crippen LogP contribution in [0.3, 0.4) is 0 Å². The molecule has 4 aromatic heterocycles. The lowest BCUT2D eigenvalue weighted by molar-refractivity contribution is 0.278. The van der Waals surface area contributed by atoms with Crippen molar-refractivity contribution in [3.8, 4) is 22.4 Å². The molecule has 4 N–H and O–H groups in total. The fraction of sp³-hybridized carbons (Fsp3) is 0.259. The number of nitrogens with two attached hydrogens (primary N) is 1. The molecule has 1 saturated carbocycles. The summed E-state index contributed by atoms with van der Waals surface area (Å²) >= 11 is 0. The average molecular weight is 466 g/mol. The number of rotatable bonds is 5. The number of hydrogen-bond acceptors (Lipinski definition) is 6. The SMILES string of the molecule is Cn1cc(-c2cnc3[nH]cc(-c4cc(C5(c6ccccc6CO)CCCC5)nc(N)n4)c3c2)cn1. The van der Waals surface area contributed by atoms with Gasteiger partial charge in [-0.25, -0.2) is 15.0 Å². The van der Waals surface area contributed by atoms with Gasteiger partial charge in [-0.15, -0.1) is 0 Å². The molecule has 0 aliphatic heterocycles. The Morgan fingerprint density at radius 2 is 1.91 bits per heavy atom. The molecule has 6 rings (SSSR count). The third-order valence-electron chi connectivity index (χ3n) is 7.24. The largest absolute Gasteiger partial charge is 0.392 e. The van der Waals surface area contributed by atoms with Gasteiger partial charge < -0.3 is 15.8 Å². The normalized spacial score (nSPS) is 15.1. The highest BCUT2D eigenvalue weighted by Gasteiger charge is 2.40. The number of hydrogen-bond donors (Lipinski definition) is 3. The van der Waals surface area contributed by atoms with E-state index in [9.17, 15) is 5.11 Å². The summed E-state index contributed by atoms with van der Waals surface area (Å²) in [5, 5.41) is 15.3. The molecule has 1 aromatic carbocycles.